The summed E-state index contributed by atoms with van der Waals surface area (Å²) in [4.78, 5) is 26.0. The van der Waals surface area contributed by atoms with Crippen LogP contribution in [0.2, 0.25) is 5.02 Å². The number of carbonyl (C=O) groups is 2. The van der Waals surface area contributed by atoms with Crippen LogP contribution in [0.15, 0.2) is 35.5 Å². The van der Waals surface area contributed by atoms with Crippen LogP contribution < -0.4 is 16.0 Å². The molecule has 6 nitrogen and oxygen atoms in total. The minimum Gasteiger partial charge on any atom is -0.460 e. The molecule has 0 spiro atoms. The Kier molecular flexibility index (Phi) is 6.58. The van der Waals surface area contributed by atoms with Crippen molar-refractivity contribution in [3.8, 4) is 0 Å². The van der Waals surface area contributed by atoms with Crippen molar-refractivity contribution < 1.29 is 14.3 Å². The van der Waals surface area contributed by atoms with Crippen molar-refractivity contribution in [2.45, 2.75) is 51.4 Å². The Morgan fingerprint density at radius 3 is 2.54 bits per heavy atom. The summed E-state index contributed by atoms with van der Waals surface area (Å²) in [6.07, 6.45) is -0.533. The number of rotatable bonds is 5. The first-order chi connectivity index (χ1) is 13.3. The van der Waals surface area contributed by atoms with Crippen molar-refractivity contribution in [3.05, 3.63) is 46.1 Å². The summed E-state index contributed by atoms with van der Waals surface area (Å²) in [5.41, 5.74) is 1.88. The molecule has 0 aliphatic carbocycles. The predicted octanol–water partition coefficient (Wildman–Crippen LogP) is 2.95. The Labute approximate surface area is 174 Å². The van der Waals surface area contributed by atoms with Gasteiger partial charge in [-0.25, -0.2) is 4.79 Å². The van der Waals surface area contributed by atoms with Crippen LogP contribution in [-0.4, -0.2) is 35.4 Å². The lowest BCUT2D eigenvalue weighted by molar-refractivity contribution is -0.143. The second kappa shape index (κ2) is 8.76. The Morgan fingerprint density at radius 2 is 1.93 bits per heavy atom. The second-order valence-electron chi connectivity index (χ2n) is 7.18. The fraction of sp³-hybridized carbons (Fsp3) is 0.500. The smallest absolute Gasteiger partial charge is 0.336 e. The predicted molar refractivity (Wildman–Crippen MR) is 112 cm³/mol. The number of halogens is 1. The van der Waals surface area contributed by atoms with Crippen LogP contribution in [0.25, 0.3) is 0 Å². The van der Waals surface area contributed by atoms with Gasteiger partial charge in [-0.3, -0.25) is 10.1 Å². The van der Waals surface area contributed by atoms with Crippen molar-refractivity contribution in [3.63, 3.8) is 0 Å². The van der Waals surface area contributed by atoms with Gasteiger partial charge in [0.15, 0.2) is 0 Å². The van der Waals surface area contributed by atoms with E-state index in [0.717, 1.165) is 11.3 Å². The highest BCUT2D eigenvalue weighted by molar-refractivity contribution is 7.99. The van der Waals surface area contributed by atoms with Crippen molar-refractivity contribution in [1.29, 1.82) is 0 Å². The van der Waals surface area contributed by atoms with Gasteiger partial charge >= 0.3 is 5.97 Å². The lowest BCUT2D eigenvalue weighted by atomic mass is 9.74. The van der Waals surface area contributed by atoms with Crippen molar-refractivity contribution in [2.75, 3.05) is 5.75 Å². The third-order valence-electron chi connectivity index (χ3n) is 4.84. The number of benzene rings is 1. The summed E-state index contributed by atoms with van der Waals surface area (Å²) in [6, 6.07) is 7.29. The Hall–Kier alpha value is -1.70. The van der Waals surface area contributed by atoms with E-state index in [-0.39, 0.29) is 23.7 Å². The van der Waals surface area contributed by atoms with Gasteiger partial charge in [0.1, 0.15) is 5.50 Å². The van der Waals surface area contributed by atoms with Crippen LogP contribution in [0.5, 0.6) is 0 Å². The zero-order chi connectivity index (χ0) is 20.4. The summed E-state index contributed by atoms with van der Waals surface area (Å²) in [5, 5.41) is 10.4. The Morgan fingerprint density at radius 1 is 1.25 bits per heavy atom. The van der Waals surface area contributed by atoms with E-state index >= 15 is 0 Å². The summed E-state index contributed by atoms with van der Waals surface area (Å²) in [7, 11) is 0. The van der Waals surface area contributed by atoms with E-state index in [4.69, 9.17) is 16.3 Å². The number of carbonyl (C=O) groups excluding carboxylic acids is 2. The van der Waals surface area contributed by atoms with Crippen LogP contribution in [0.4, 0.5) is 0 Å². The van der Waals surface area contributed by atoms with E-state index in [1.165, 1.54) is 0 Å². The van der Waals surface area contributed by atoms with Gasteiger partial charge in [-0.1, -0.05) is 30.7 Å². The molecule has 1 amide bonds. The van der Waals surface area contributed by atoms with Crippen LogP contribution >= 0.6 is 23.4 Å². The number of allylic oxidation sites excluding steroid dienone is 1. The van der Waals surface area contributed by atoms with E-state index in [2.05, 4.69) is 16.0 Å². The normalized spacial score (nSPS) is 27.1. The molecule has 28 heavy (non-hydrogen) atoms. The summed E-state index contributed by atoms with van der Waals surface area (Å²) in [5.74, 6) is -0.555. The van der Waals surface area contributed by atoms with Crippen LogP contribution in [0, 0.1) is 5.92 Å². The molecule has 1 fully saturated rings. The summed E-state index contributed by atoms with van der Waals surface area (Å²) >= 11 is 7.68. The Bertz CT molecular complexity index is 781. The molecule has 1 saturated heterocycles. The lowest BCUT2D eigenvalue weighted by Gasteiger charge is -2.45. The second-order valence-corrected chi connectivity index (χ2v) is 9.00. The molecule has 0 radical (unpaired) electrons. The van der Waals surface area contributed by atoms with Crippen molar-refractivity contribution >= 4 is 35.2 Å². The van der Waals surface area contributed by atoms with Gasteiger partial charge in [-0.05, 0) is 44.2 Å². The van der Waals surface area contributed by atoms with Crippen LogP contribution in [-0.2, 0) is 14.3 Å². The summed E-state index contributed by atoms with van der Waals surface area (Å²) in [6.45, 7) is 7.52. The first-order valence-electron chi connectivity index (χ1n) is 9.43. The average Bonchev–Trinajstić information content (AvgIpc) is 2.60. The molecule has 4 atom stereocenters. The van der Waals surface area contributed by atoms with E-state index in [1.807, 2.05) is 39.8 Å². The largest absolute Gasteiger partial charge is 0.460 e. The molecule has 3 rings (SSSR count). The highest BCUT2D eigenvalue weighted by Gasteiger charge is 2.48. The quantitative estimate of drug-likeness (QED) is 0.632. The number of fused-ring (bicyclic) bond motifs is 1. The van der Waals surface area contributed by atoms with E-state index in [9.17, 15) is 9.59 Å². The lowest BCUT2D eigenvalue weighted by Crippen LogP contribution is -2.67. The third-order valence-corrected chi connectivity index (χ3v) is 6.01. The topological polar surface area (TPSA) is 79.5 Å². The number of nitrogens with one attached hydrogen (secondary N) is 3. The first-order valence-corrected chi connectivity index (χ1v) is 10.9. The van der Waals surface area contributed by atoms with Crippen molar-refractivity contribution in [2.24, 2.45) is 5.92 Å². The van der Waals surface area contributed by atoms with Crippen LogP contribution in [0.1, 0.15) is 39.2 Å². The third kappa shape index (κ3) is 4.31. The number of amides is 1. The zero-order valence-corrected chi connectivity index (χ0v) is 18.0. The monoisotopic (exact) mass is 423 g/mol. The molecular weight excluding hydrogens is 398 g/mol. The highest BCUT2D eigenvalue weighted by Crippen LogP contribution is 2.41. The van der Waals surface area contributed by atoms with Crippen LogP contribution in [0.3, 0.4) is 0 Å². The number of thioether (sulfide) groups is 1. The molecule has 2 heterocycles. The number of hydrogen-bond donors (Lipinski definition) is 3. The van der Waals surface area contributed by atoms with Crippen molar-refractivity contribution in [1.82, 2.24) is 16.0 Å². The van der Waals surface area contributed by atoms with Gasteiger partial charge in [-0.2, -0.15) is 0 Å². The molecule has 152 valence electrons. The van der Waals surface area contributed by atoms with E-state index in [1.54, 1.807) is 23.9 Å². The first kappa shape index (κ1) is 21.0. The van der Waals surface area contributed by atoms with E-state index < -0.39 is 17.8 Å². The van der Waals surface area contributed by atoms with E-state index in [0.29, 0.717) is 16.3 Å². The fourth-order valence-corrected chi connectivity index (χ4v) is 4.64. The minimum absolute atomic E-state index is 0.0931. The standard InChI is InChI=1S/C20H26ClN3O3S/c1-5-28-20-23-17-16(18(25)24-20)15(12-6-8-13(21)9-7-12)14(11(4)22-17)19(26)27-10(2)3/h6-10,15-17,20,22-23H,5H2,1-4H3,(H,24,25). The molecule has 3 N–H and O–H groups in total. The maximum Gasteiger partial charge on any atom is 0.336 e. The molecule has 0 saturated carbocycles. The maximum atomic E-state index is 13.1. The number of esters is 1. The number of hydrogen-bond acceptors (Lipinski definition) is 6. The molecule has 2 aliphatic rings. The SMILES string of the molecule is CCSC1NC(=O)C2C(NC(C)=C(C(=O)OC(C)C)C2c2ccc(Cl)cc2)N1. The molecular formula is C20H26ClN3O3S. The van der Waals surface area contributed by atoms with Gasteiger partial charge in [0.2, 0.25) is 5.91 Å². The summed E-state index contributed by atoms with van der Waals surface area (Å²) < 4.78 is 5.49. The average molecular weight is 424 g/mol. The maximum absolute atomic E-state index is 13.1. The van der Waals surface area contributed by atoms with Gasteiger partial charge in [-0.15, -0.1) is 11.8 Å². The molecule has 4 unspecified atom stereocenters. The van der Waals surface area contributed by atoms with Gasteiger partial charge in [0.05, 0.1) is 23.8 Å². The highest BCUT2D eigenvalue weighted by atomic mass is 35.5. The molecule has 2 aliphatic heterocycles. The zero-order valence-electron chi connectivity index (χ0n) is 16.4. The minimum atomic E-state index is -0.492. The number of ether oxygens (including phenoxy) is 1. The molecule has 0 bridgehead atoms. The molecule has 0 aromatic heterocycles. The van der Waals surface area contributed by atoms with Gasteiger partial charge < -0.3 is 15.4 Å². The molecule has 1 aromatic carbocycles. The molecule has 8 heteroatoms. The molecule has 1 aromatic rings. The fourth-order valence-electron chi connectivity index (χ4n) is 3.74. The Balaban J connectivity index is 2.05. The van der Waals surface area contributed by atoms with Gasteiger partial charge in [0.25, 0.3) is 0 Å². The van der Waals surface area contributed by atoms with Gasteiger partial charge in [0, 0.05) is 16.6 Å².